The van der Waals surface area contributed by atoms with E-state index in [1.807, 2.05) is 38.1 Å². The first kappa shape index (κ1) is 20.3. The lowest BCUT2D eigenvalue weighted by Crippen LogP contribution is -2.21. The molecular formula is C23H27N5O. The van der Waals surface area contributed by atoms with Gasteiger partial charge in [0.15, 0.2) is 0 Å². The highest BCUT2D eigenvalue weighted by Crippen LogP contribution is 2.20. The summed E-state index contributed by atoms with van der Waals surface area (Å²) in [6, 6.07) is 14.1. The molecule has 150 valence electrons. The maximum Gasteiger partial charge on any atom is 0.258 e. The molecule has 0 atom stereocenters. The molecule has 1 heterocycles. The van der Waals surface area contributed by atoms with Gasteiger partial charge in [-0.05, 0) is 75.2 Å². The Morgan fingerprint density at radius 3 is 2.03 bits per heavy atom. The van der Waals surface area contributed by atoms with Crippen LogP contribution in [0.2, 0.25) is 0 Å². The van der Waals surface area contributed by atoms with Crippen LogP contribution in [0.5, 0.6) is 0 Å². The summed E-state index contributed by atoms with van der Waals surface area (Å²) >= 11 is 0. The molecule has 29 heavy (non-hydrogen) atoms. The van der Waals surface area contributed by atoms with Crippen LogP contribution < -0.4 is 15.5 Å². The van der Waals surface area contributed by atoms with Crippen LogP contribution in [-0.4, -0.2) is 29.0 Å². The minimum Gasteiger partial charge on any atom is -0.372 e. The van der Waals surface area contributed by atoms with Crippen LogP contribution in [0.1, 0.15) is 35.3 Å². The van der Waals surface area contributed by atoms with E-state index >= 15 is 0 Å². The van der Waals surface area contributed by atoms with E-state index in [0.717, 1.165) is 35.6 Å². The molecule has 1 amide bonds. The third kappa shape index (κ3) is 5.31. The maximum atomic E-state index is 12.4. The Labute approximate surface area is 172 Å². The lowest BCUT2D eigenvalue weighted by Gasteiger charge is -2.21. The average molecular weight is 390 g/mol. The third-order valence-corrected chi connectivity index (χ3v) is 4.65. The van der Waals surface area contributed by atoms with Gasteiger partial charge in [-0.3, -0.25) is 4.79 Å². The molecule has 6 heteroatoms. The molecule has 6 nitrogen and oxygen atoms in total. The predicted molar refractivity (Wildman–Crippen MR) is 119 cm³/mol. The molecule has 1 aromatic heterocycles. The highest BCUT2D eigenvalue weighted by atomic mass is 16.1. The number of nitrogens with one attached hydrogen (secondary N) is 2. The van der Waals surface area contributed by atoms with Gasteiger partial charge in [-0.25, -0.2) is 9.97 Å². The largest absolute Gasteiger partial charge is 0.372 e. The molecule has 0 fully saturated rings. The number of benzene rings is 2. The molecule has 2 N–H and O–H groups in total. The average Bonchev–Trinajstić information content (AvgIpc) is 2.70. The van der Waals surface area contributed by atoms with Crippen molar-refractivity contribution in [3.63, 3.8) is 0 Å². The molecule has 0 saturated heterocycles. The van der Waals surface area contributed by atoms with Crippen LogP contribution in [0, 0.1) is 13.8 Å². The Morgan fingerprint density at radius 2 is 1.48 bits per heavy atom. The summed E-state index contributed by atoms with van der Waals surface area (Å²) in [4.78, 5) is 23.3. The number of anilines is 4. The van der Waals surface area contributed by atoms with E-state index in [9.17, 15) is 4.79 Å². The van der Waals surface area contributed by atoms with E-state index in [1.165, 1.54) is 18.1 Å². The number of amides is 1. The zero-order valence-corrected chi connectivity index (χ0v) is 17.4. The third-order valence-electron chi connectivity index (χ3n) is 4.65. The zero-order valence-electron chi connectivity index (χ0n) is 17.4. The van der Waals surface area contributed by atoms with Gasteiger partial charge in [0.25, 0.3) is 5.91 Å². The standard InChI is InChI=1S/C23H27N5O/c1-5-28(6-2)21-9-7-19(8-10-21)27-23-24-14-18(15-25-23)22(29)26-20-12-16(3)11-17(4)13-20/h7-15H,5-6H2,1-4H3,(H,26,29)(H,24,25,27). The van der Waals surface area contributed by atoms with Crippen LogP contribution in [0.15, 0.2) is 54.9 Å². The van der Waals surface area contributed by atoms with Crippen molar-refractivity contribution in [3.8, 4) is 0 Å². The van der Waals surface area contributed by atoms with Gasteiger partial charge in [0.05, 0.1) is 5.56 Å². The molecule has 0 unspecified atom stereocenters. The Balaban J connectivity index is 1.64. The minimum absolute atomic E-state index is 0.231. The van der Waals surface area contributed by atoms with Gasteiger partial charge in [-0.2, -0.15) is 0 Å². The smallest absolute Gasteiger partial charge is 0.258 e. The quantitative estimate of drug-likeness (QED) is 0.599. The first-order valence-electron chi connectivity index (χ1n) is 9.82. The van der Waals surface area contributed by atoms with Gasteiger partial charge >= 0.3 is 0 Å². The summed E-state index contributed by atoms with van der Waals surface area (Å²) in [6.45, 7) is 10.2. The van der Waals surface area contributed by atoms with Crippen LogP contribution in [0.3, 0.4) is 0 Å². The summed E-state index contributed by atoms with van der Waals surface area (Å²) in [5, 5.41) is 6.06. The van der Waals surface area contributed by atoms with Crippen LogP contribution in [0.25, 0.3) is 0 Å². The molecule has 0 aliphatic heterocycles. The van der Waals surface area contributed by atoms with Gasteiger partial charge in [-0.15, -0.1) is 0 Å². The Hall–Kier alpha value is -3.41. The number of aromatic nitrogens is 2. The number of hydrogen-bond donors (Lipinski definition) is 2. The monoisotopic (exact) mass is 389 g/mol. The van der Waals surface area contributed by atoms with Crippen molar-refractivity contribution in [1.82, 2.24) is 9.97 Å². The molecular weight excluding hydrogens is 362 g/mol. The summed E-state index contributed by atoms with van der Waals surface area (Å²) in [5.41, 5.74) is 5.45. The van der Waals surface area contributed by atoms with E-state index in [1.54, 1.807) is 0 Å². The molecule has 3 rings (SSSR count). The van der Waals surface area contributed by atoms with Crippen molar-refractivity contribution < 1.29 is 4.79 Å². The lowest BCUT2D eigenvalue weighted by molar-refractivity contribution is 0.102. The molecule has 0 bridgehead atoms. The zero-order chi connectivity index (χ0) is 20.8. The van der Waals surface area contributed by atoms with Crippen LogP contribution in [0.4, 0.5) is 23.0 Å². The van der Waals surface area contributed by atoms with Crippen LogP contribution >= 0.6 is 0 Å². The fourth-order valence-electron chi connectivity index (χ4n) is 3.23. The summed E-state index contributed by atoms with van der Waals surface area (Å²) < 4.78 is 0. The molecule has 0 aliphatic rings. The second-order valence-electron chi connectivity index (χ2n) is 6.97. The van der Waals surface area contributed by atoms with Crippen molar-refractivity contribution in [2.45, 2.75) is 27.7 Å². The first-order valence-corrected chi connectivity index (χ1v) is 9.82. The van der Waals surface area contributed by atoms with E-state index < -0.39 is 0 Å². The number of aryl methyl sites for hydroxylation is 2. The van der Waals surface area contributed by atoms with Crippen molar-refractivity contribution in [2.24, 2.45) is 0 Å². The highest BCUT2D eigenvalue weighted by molar-refractivity contribution is 6.04. The highest BCUT2D eigenvalue weighted by Gasteiger charge is 2.09. The van der Waals surface area contributed by atoms with E-state index in [2.05, 4.69) is 57.5 Å². The first-order chi connectivity index (χ1) is 14.0. The summed E-state index contributed by atoms with van der Waals surface area (Å²) in [7, 11) is 0. The van der Waals surface area contributed by atoms with E-state index in [0.29, 0.717) is 11.5 Å². The second kappa shape index (κ2) is 9.19. The van der Waals surface area contributed by atoms with Crippen molar-refractivity contribution in [3.05, 3.63) is 71.5 Å². The van der Waals surface area contributed by atoms with Gasteiger partial charge < -0.3 is 15.5 Å². The second-order valence-corrected chi connectivity index (χ2v) is 6.97. The van der Waals surface area contributed by atoms with E-state index in [-0.39, 0.29) is 5.91 Å². The topological polar surface area (TPSA) is 70.2 Å². The molecule has 0 saturated carbocycles. The lowest BCUT2D eigenvalue weighted by atomic mass is 10.1. The number of nitrogens with zero attached hydrogens (tertiary/aromatic N) is 3. The molecule has 0 spiro atoms. The Bertz CT molecular complexity index is 943. The molecule has 0 aliphatic carbocycles. The maximum absolute atomic E-state index is 12.4. The minimum atomic E-state index is -0.231. The predicted octanol–water partition coefficient (Wildman–Crippen LogP) is 4.94. The molecule has 0 radical (unpaired) electrons. The molecule has 3 aromatic rings. The fraction of sp³-hybridized carbons (Fsp3) is 0.261. The normalized spacial score (nSPS) is 10.5. The van der Waals surface area contributed by atoms with Crippen molar-refractivity contribution in [2.75, 3.05) is 28.6 Å². The van der Waals surface area contributed by atoms with Gasteiger partial charge in [-0.1, -0.05) is 6.07 Å². The van der Waals surface area contributed by atoms with Crippen LogP contribution in [-0.2, 0) is 0 Å². The SMILES string of the molecule is CCN(CC)c1ccc(Nc2ncc(C(=O)Nc3cc(C)cc(C)c3)cn2)cc1. The van der Waals surface area contributed by atoms with Crippen molar-refractivity contribution in [1.29, 1.82) is 0 Å². The number of rotatable bonds is 7. The fourth-order valence-corrected chi connectivity index (χ4v) is 3.23. The van der Waals surface area contributed by atoms with Crippen molar-refractivity contribution >= 4 is 28.9 Å². The Morgan fingerprint density at radius 1 is 0.897 bits per heavy atom. The number of carbonyl (C=O) groups is 1. The summed E-state index contributed by atoms with van der Waals surface area (Å²) in [5.74, 6) is 0.216. The van der Waals surface area contributed by atoms with Gasteiger partial charge in [0.2, 0.25) is 5.95 Å². The summed E-state index contributed by atoms with van der Waals surface area (Å²) in [6.07, 6.45) is 3.05. The Kier molecular flexibility index (Phi) is 6.44. The van der Waals surface area contributed by atoms with Gasteiger partial charge in [0, 0.05) is 42.5 Å². The molecule has 2 aromatic carbocycles. The number of hydrogen-bond acceptors (Lipinski definition) is 5. The van der Waals surface area contributed by atoms with E-state index in [4.69, 9.17) is 0 Å². The van der Waals surface area contributed by atoms with Gasteiger partial charge in [0.1, 0.15) is 0 Å². The number of carbonyl (C=O) groups excluding carboxylic acids is 1.